The van der Waals surface area contributed by atoms with Gasteiger partial charge in [-0.2, -0.15) is 0 Å². The van der Waals surface area contributed by atoms with E-state index in [0.29, 0.717) is 50.6 Å². The standard InChI is InChI=1S/C36H41N3O4.C29H33N3O4.C26H30N4O4S.C21H25N3O3S.2Na/c1-22-13-14-31(41)28(22)21-25(40)9-2-12-32(42)39-29-19-23-7-3-15-37-17-5-10-26(33(23)37)35(29)43-36-27-11-6-18-38-16-4-8-24(34(27)38)20-30(36)39;33-24(10-1-11-25(34)35)32-22-16-18-6-2-12-30-14-4-8-20(26(18)30)28(22)36-29-21-9-5-15-31-13-3-7-19(27(21)31)17-23(29)32;1-17-9-14-25(32)30(17)34-26(33)8-6-7-24(31)29-20-12-10-18(27(2)3)15-22(20)35-23-16-19(28(4)5)11-13-21(23)29;1-22(2)14-8-10-16-18(12-14)28-19-13-15(23(3)4)9-11-17(19)24(16)20(25)6-5-7-21(26)27;;/h19-20,28H,1-18,21H2;16-17H,1-15H2,(H,34,35);10-13,15-16H,1,6-9,14H2,2-5H3;8-13H,5-7H2,1-4H3,(H,26,27);;/q;;;;2*+1/p-2. The van der Waals surface area contributed by atoms with E-state index in [2.05, 4.69) is 81.3 Å². The van der Waals surface area contributed by atoms with Crippen LogP contribution < -0.4 is 138 Å². The number of Topliss-reactive ketones (excluding diaryl/α,β-unsaturated/α-hetero) is 2. The number of fused-ring (bicyclic) bond motifs is 12. The van der Waals surface area contributed by atoms with Crippen LogP contribution in [0.15, 0.2) is 141 Å². The van der Waals surface area contributed by atoms with Gasteiger partial charge in [0.15, 0.2) is 23.0 Å². The molecule has 1 atom stereocenters. The third kappa shape index (κ3) is 21.2. The van der Waals surface area contributed by atoms with Crippen LogP contribution in [0.25, 0.3) is 0 Å². The number of hydrogen-bond donors (Lipinski definition) is 0. The summed E-state index contributed by atoms with van der Waals surface area (Å²) in [5, 5.41) is 22.7. The largest absolute Gasteiger partial charge is 1.00 e. The minimum atomic E-state index is -1.13. The van der Waals surface area contributed by atoms with Gasteiger partial charge in [-0.1, -0.05) is 42.3 Å². The number of allylic oxidation sites excluding steroid dienone is 2. The molecule has 5 amide bonds. The number of hydrogen-bond acceptors (Lipinski definition) is 25. The molecule has 2 fully saturated rings. The molecular weight excluding hydrogens is 1880 g/mol. The van der Waals surface area contributed by atoms with Crippen molar-refractivity contribution in [2.45, 2.75) is 231 Å². The first kappa shape index (κ1) is 104. The number of ether oxygens (including phenoxy) is 2. The van der Waals surface area contributed by atoms with Gasteiger partial charge in [-0.15, -0.1) is 5.06 Å². The zero-order chi connectivity index (χ0) is 99.3. The van der Waals surface area contributed by atoms with Crippen LogP contribution in [0.4, 0.5) is 91.0 Å². The summed E-state index contributed by atoms with van der Waals surface area (Å²) in [5.41, 5.74) is 27.9. The van der Waals surface area contributed by atoms with Gasteiger partial charge in [-0.25, -0.2) is 4.79 Å². The quantitative estimate of drug-likeness (QED) is 0.0425. The van der Waals surface area contributed by atoms with E-state index in [1.165, 1.54) is 67.3 Å². The van der Waals surface area contributed by atoms with E-state index in [-0.39, 0.29) is 170 Å². The average Bonchev–Trinajstić information content (AvgIpc) is 0.721. The summed E-state index contributed by atoms with van der Waals surface area (Å²) in [6, 6.07) is 33.0. The SMILES string of the molecule is C=C1CCC(=O)C1CC(=O)CCCC(=O)N1c2cc3c4c(c2Oc2c1cc1c5c2CCCN5CCC1)CCCN4CCC3.C=C1CCC(=O)N1OC(=O)CCCC(=O)N1c2ccc(N(C)C)cc2Sc2cc(N(C)C)ccc21.CN(C)c1ccc2c(c1)Sc1cc(N(C)C)ccc1N2C(=O)CCCC(=O)[O-].O=C([O-])CCCC(=O)N1c2cc3c4c(c2Oc2c1cc1c5c2CCCN5CCC1)CCCN4CCC3.[Na+].[Na+]. The molecule has 13 heterocycles. The van der Waals surface area contributed by atoms with Gasteiger partial charge in [0.25, 0.3) is 5.91 Å². The molecule has 1 saturated carbocycles. The molecule has 8 aromatic rings. The van der Waals surface area contributed by atoms with Crippen molar-refractivity contribution < 1.29 is 132 Å². The Bertz CT molecular complexity index is 6180. The van der Waals surface area contributed by atoms with Crippen molar-refractivity contribution in [2.24, 2.45) is 5.92 Å². The number of rotatable bonds is 23. The first-order chi connectivity index (χ1) is 68.5. The molecule has 0 spiro atoms. The van der Waals surface area contributed by atoms with Gasteiger partial charge in [-0.05, 0) is 273 Å². The van der Waals surface area contributed by atoms with Crippen LogP contribution in [0.1, 0.15) is 205 Å². The monoisotopic (exact) mass is 2000 g/mol. The van der Waals surface area contributed by atoms with Gasteiger partial charge in [0.2, 0.25) is 23.6 Å². The number of benzene rings is 8. The number of hydroxylamine groups is 2. The topological polar surface area (TPSA) is 287 Å². The fraction of sp³-hybridized carbons (Fsp3) is 0.446. The predicted octanol–water partition coefficient (Wildman–Crippen LogP) is 11.9. The molecule has 744 valence electrons. The Labute approximate surface area is 896 Å². The summed E-state index contributed by atoms with van der Waals surface area (Å²) in [6.45, 7) is 16.4. The van der Waals surface area contributed by atoms with Crippen LogP contribution >= 0.6 is 23.5 Å². The van der Waals surface area contributed by atoms with Gasteiger partial charge >= 0.3 is 65.1 Å². The van der Waals surface area contributed by atoms with E-state index in [0.717, 1.165) is 277 Å². The maximum Gasteiger partial charge on any atom is 1.00 e. The Hall–Kier alpha value is -11.0. The minimum Gasteiger partial charge on any atom is -0.550 e. The van der Waals surface area contributed by atoms with Crippen LogP contribution in [0.5, 0.6) is 23.0 Å². The molecule has 14 aliphatic rings. The molecule has 1 aliphatic carbocycles. The van der Waals surface area contributed by atoms with Crippen LogP contribution in [-0.2, 0) is 104 Å². The zero-order valence-corrected chi connectivity index (χ0v) is 90.6. The van der Waals surface area contributed by atoms with Crippen molar-refractivity contribution in [1.29, 1.82) is 0 Å². The molecule has 28 nitrogen and oxygen atoms in total. The molecule has 0 radical (unpaired) electrons. The molecule has 0 bridgehead atoms. The smallest absolute Gasteiger partial charge is 0.550 e. The third-order valence-corrected chi connectivity index (χ3v) is 32.1. The number of carboxylic acid groups (broad SMARTS) is 2. The molecule has 32 heteroatoms. The van der Waals surface area contributed by atoms with E-state index >= 15 is 0 Å². The molecule has 1 unspecified atom stereocenters. The van der Waals surface area contributed by atoms with Crippen LogP contribution in [0.2, 0.25) is 0 Å². The average molecular weight is 2010 g/mol. The van der Waals surface area contributed by atoms with E-state index in [4.69, 9.17) is 14.3 Å². The second kappa shape index (κ2) is 44.8. The molecule has 22 rings (SSSR count). The summed E-state index contributed by atoms with van der Waals surface area (Å²) in [5.74, 6) is -0.0468. The van der Waals surface area contributed by atoms with Gasteiger partial charge < -0.3 is 73.3 Å². The van der Waals surface area contributed by atoms with Crippen molar-refractivity contribution in [3.05, 3.63) is 166 Å². The van der Waals surface area contributed by atoms with Crippen LogP contribution in [0, 0.1) is 5.92 Å². The number of anilines is 16. The van der Waals surface area contributed by atoms with Crippen molar-refractivity contribution in [2.75, 3.05) is 168 Å². The van der Waals surface area contributed by atoms with Gasteiger partial charge in [0.1, 0.15) is 11.6 Å². The predicted molar refractivity (Wildman–Crippen MR) is 554 cm³/mol. The van der Waals surface area contributed by atoms with E-state index in [9.17, 15) is 58.2 Å². The maximum absolute atomic E-state index is 14.3. The second-order valence-electron chi connectivity index (χ2n) is 40.4. The van der Waals surface area contributed by atoms with Crippen molar-refractivity contribution >= 4 is 174 Å². The summed E-state index contributed by atoms with van der Waals surface area (Å²) < 4.78 is 13.9. The molecule has 13 aliphatic heterocycles. The molecule has 144 heavy (non-hydrogen) atoms. The number of nitrogens with zero attached hydrogens (tertiary/aromatic N) is 13. The van der Waals surface area contributed by atoms with E-state index in [1.807, 2.05) is 134 Å². The number of amides is 5. The molecular formula is C112H127N13Na2O15S2. The Balaban J connectivity index is 0.000000133. The van der Waals surface area contributed by atoms with Crippen molar-refractivity contribution in [3.63, 3.8) is 0 Å². The normalized spacial score (nSPS) is 17.1. The summed E-state index contributed by atoms with van der Waals surface area (Å²) in [6.07, 6.45) is 21.2. The summed E-state index contributed by atoms with van der Waals surface area (Å²) in [4.78, 5) is 160. The first-order valence-corrected chi connectivity index (χ1v) is 52.5. The van der Waals surface area contributed by atoms with Gasteiger partial charge in [0, 0.05) is 272 Å². The van der Waals surface area contributed by atoms with Crippen molar-refractivity contribution in [1.82, 2.24) is 5.06 Å². The third-order valence-electron chi connectivity index (χ3n) is 29.9. The molecule has 0 N–H and O–H groups in total. The van der Waals surface area contributed by atoms with Crippen LogP contribution in [-0.4, -0.2) is 173 Å². The number of carbonyl (C=O) groups excluding carboxylic acids is 10. The number of carboxylic acids is 2. The first-order valence-electron chi connectivity index (χ1n) is 50.9. The number of carbonyl (C=O) groups is 10. The second-order valence-corrected chi connectivity index (χ2v) is 42.6. The maximum atomic E-state index is 14.3. The number of aryl methyl sites for hydroxylation is 4. The van der Waals surface area contributed by atoms with E-state index in [1.54, 1.807) is 33.3 Å². The summed E-state index contributed by atoms with van der Waals surface area (Å²) >= 11 is 3.29. The summed E-state index contributed by atoms with van der Waals surface area (Å²) in [7, 11) is 15.9. The van der Waals surface area contributed by atoms with Gasteiger partial charge in [0.05, 0.1) is 51.2 Å². The number of aliphatic carboxylic acids is 2. The minimum absolute atomic E-state index is 0. The molecule has 8 aromatic carbocycles. The molecule has 0 aromatic heterocycles. The Morgan fingerprint density at radius 3 is 0.931 bits per heavy atom. The van der Waals surface area contributed by atoms with Gasteiger partial charge in [-0.3, -0.25) is 53.2 Å². The Kier molecular flexibility index (Phi) is 32.5. The molecule has 1 saturated heterocycles. The Morgan fingerprint density at radius 1 is 0.361 bits per heavy atom. The van der Waals surface area contributed by atoms with Crippen molar-refractivity contribution in [3.8, 4) is 23.0 Å². The van der Waals surface area contributed by atoms with E-state index < -0.39 is 17.9 Å². The fourth-order valence-electron chi connectivity index (χ4n) is 23.0. The zero-order valence-electron chi connectivity index (χ0n) is 85.0. The fourth-order valence-corrected chi connectivity index (χ4v) is 25.2. The van der Waals surface area contributed by atoms with Crippen LogP contribution in [0.3, 0.4) is 0 Å². The number of ketones is 2. The Morgan fingerprint density at radius 2 is 0.653 bits per heavy atom.